The fourth-order valence-electron chi connectivity index (χ4n) is 2.93. The third-order valence-electron chi connectivity index (χ3n) is 5.44. The van der Waals surface area contributed by atoms with E-state index in [9.17, 15) is 10.2 Å². The summed E-state index contributed by atoms with van der Waals surface area (Å²) in [7, 11) is 0. The summed E-state index contributed by atoms with van der Waals surface area (Å²) in [5.74, 6) is 0.245. The number of hydrogen-bond donors (Lipinski definition) is 2. The molecule has 1 atom stereocenters. The van der Waals surface area contributed by atoms with Gasteiger partial charge in [-0.05, 0) is 35.8 Å². The van der Waals surface area contributed by atoms with E-state index in [0.29, 0.717) is 0 Å². The average Bonchev–Trinajstić information content (AvgIpc) is 2.90. The molecule has 0 bridgehead atoms. The molecule has 2 aromatic carbocycles. The van der Waals surface area contributed by atoms with Crippen LogP contribution < -0.4 is 0 Å². The Balaban J connectivity index is 0.000000281. The standard InChI is InChI=1S/2C11H9N.C11H22O2.Pt/c2*1-2-6-10(7-3-1)11-8-4-5-9-12-11;1-10(2,3)8(12)7-9(13)11(4,5)6;/h2*1-9H;7-8,12-13H,1-6H3;/q;;;+4/b;;9-7-;. The molecule has 0 fully saturated rings. The first-order valence-electron chi connectivity index (χ1n) is 12.5. The zero-order valence-corrected chi connectivity index (χ0v) is 25.4. The van der Waals surface area contributed by atoms with Crippen molar-refractivity contribution in [1.29, 1.82) is 0 Å². The monoisotopic (exact) mass is 691 g/mol. The number of aliphatic hydroxyl groups is 2. The topological polar surface area (TPSA) is 66.2 Å². The van der Waals surface area contributed by atoms with Gasteiger partial charge in [0.2, 0.25) is 0 Å². The van der Waals surface area contributed by atoms with E-state index in [4.69, 9.17) is 0 Å². The molecule has 0 aliphatic rings. The van der Waals surface area contributed by atoms with Crippen LogP contribution in [0.25, 0.3) is 22.5 Å². The number of aromatic nitrogens is 2. The van der Waals surface area contributed by atoms with Gasteiger partial charge in [0.05, 0.1) is 23.3 Å². The van der Waals surface area contributed by atoms with Gasteiger partial charge in [-0.3, -0.25) is 9.97 Å². The van der Waals surface area contributed by atoms with Crippen molar-refractivity contribution >= 4 is 0 Å². The van der Waals surface area contributed by atoms with Crippen molar-refractivity contribution in [2.24, 2.45) is 10.8 Å². The summed E-state index contributed by atoms with van der Waals surface area (Å²) in [4.78, 5) is 8.50. The Hall–Kier alpha value is -3.07. The van der Waals surface area contributed by atoms with Gasteiger partial charge in [0.15, 0.2) is 0 Å². The van der Waals surface area contributed by atoms with Gasteiger partial charge in [-0.1, -0.05) is 114 Å². The molecule has 0 spiro atoms. The summed E-state index contributed by atoms with van der Waals surface area (Å²) in [5, 5.41) is 19.3. The average molecular weight is 692 g/mol. The van der Waals surface area contributed by atoms with Crippen LogP contribution in [0.2, 0.25) is 0 Å². The smallest absolute Gasteiger partial charge is 0.512 e. The molecule has 38 heavy (non-hydrogen) atoms. The summed E-state index contributed by atoms with van der Waals surface area (Å²) in [6.07, 6.45) is 4.54. The maximum atomic E-state index is 9.68. The molecule has 0 amide bonds. The molecule has 5 heteroatoms. The van der Waals surface area contributed by atoms with Crippen molar-refractivity contribution < 1.29 is 31.3 Å². The second-order valence-corrected chi connectivity index (χ2v) is 10.8. The third-order valence-corrected chi connectivity index (χ3v) is 5.44. The molecule has 0 radical (unpaired) electrons. The second-order valence-electron chi connectivity index (χ2n) is 10.8. The number of rotatable bonds is 3. The summed E-state index contributed by atoms with van der Waals surface area (Å²) in [6, 6.07) is 32.2. The maximum absolute atomic E-state index is 9.68. The minimum absolute atomic E-state index is 0. The Morgan fingerprint density at radius 1 is 0.632 bits per heavy atom. The molecule has 200 valence electrons. The van der Waals surface area contributed by atoms with E-state index in [0.717, 1.165) is 22.5 Å². The van der Waals surface area contributed by atoms with Crippen LogP contribution in [0.5, 0.6) is 0 Å². The quantitative estimate of drug-likeness (QED) is 0.212. The molecule has 0 saturated carbocycles. The molecule has 4 rings (SSSR count). The number of benzene rings is 2. The van der Waals surface area contributed by atoms with E-state index in [1.165, 1.54) is 6.08 Å². The molecule has 0 aliphatic carbocycles. The van der Waals surface area contributed by atoms with Crippen LogP contribution in [0.15, 0.2) is 121 Å². The molecule has 0 aliphatic heterocycles. The van der Waals surface area contributed by atoms with Gasteiger partial charge in [0.1, 0.15) is 0 Å². The van der Waals surface area contributed by atoms with Gasteiger partial charge in [-0.2, -0.15) is 0 Å². The molecule has 1 unspecified atom stereocenters. The van der Waals surface area contributed by atoms with Gasteiger partial charge >= 0.3 is 21.1 Å². The minimum atomic E-state index is -0.605. The maximum Gasteiger partial charge on any atom is 4.00 e. The van der Waals surface area contributed by atoms with E-state index in [1.54, 1.807) is 0 Å². The van der Waals surface area contributed by atoms with Crippen LogP contribution in [-0.4, -0.2) is 26.3 Å². The van der Waals surface area contributed by atoms with Crippen molar-refractivity contribution in [1.82, 2.24) is 9.97 Å². The predicted octanol–water partition coefficient (Wildman–Crippen LogP) is 8.38. The number of pyridine rings is 2. The number of hydrogen-bond acceptors (Lipinski definition) is 4. The molecule has 2 aromatic heterocycles. The number of aliphatic hydroxyl groups excluding tert-OH is 2. The number of nitrogens with zero attached hydrogens (tertiary/aromatic N) is 2. The molecular formula is C33H40N2O2Pt+4. The van der Waals surface area contributed by atoms with Crippen molar-refractivity contribution in [3.05, 3.63) is 121 Å². The van der Waals surface area contributed by atoms with Crippen LogP contribution >= 0.6 is 0 Å². The van der Waals surface area contributed by atoms with Gasteiger partial charge in [-0.25, -0.2) is 0 Å². The first kappa shape index (κ1) is 33.0. The molecular weight excluding hydrogens is 651 g/mol. The molecule has 4 nitrogen and oxygen atoms in total. The summed E-state index contributed by atoms with van der Waals surface area (Å²) in [6.45, 7) is 11.5. The van der Waals surface area contributed by atoms with Crippen molar-refractivity contribution in [2.45, 2.75) is 47.6 Å². The third kappa shape index (κ3) is 12.0. The Labute approximate surface area is 242 Å². The van der Waals surface area contributed by atoms with Crippen LogP contribution in [0.3, 0.4) is 0 Å². The SMILES string of the molecule is CC(C)(C)/C(O)=C/C(O)C(C)(C)C.[Pt+4].c1ccc(-c2ccccn2)cc1.c1ccc(-c2ccccn2)cc1. The summed E-state index contributed by atoms with van der Waals surface area (Å²) in [5.41, 5.74) is 3.87. The fraction of sp³-hybridized carbons (Fsp3) is 0.273. The minimum Gasteiger partial charge on any atom is -0.512 e. The first-order valence-corrected chi connectivity index (χ1v) is 12.5. The van der Waals surface area contributed by atoms with E-state index in [-0.39, 0.29) is 37.7 Å². The zero-order chi connectivity index (χ0) is 27.3. The van der Waals surface area contributed by atoms with Crippen LogP contribution in [0, 0.1) is 10.8 Å². The molecule has 2 N–H and O–H groups in total. The van der Waals surface area contributed by atoms with Crippen molar-refractivity contribution in [2.75, 3.05) is 0 Å². The Morgan fingerprint density at radius 3 is 1.29 bits per heavy atom. The Kier molecular flexibility index (Phi) is 13.9. The van der Waals surface area contributed by atoms with Crippen LogP contribution in [0.1, 0.15) is 41.5 Å². The van der Waals surface area contributed by atoms with Crippen molar-refractivity contribution in [3.8, 4) is 22.5 Å². The van der Waals surface area contributed by atoms with Gasteiger partial charge < -0.3 is 10.2 Å². The second kappa shape index (κ2) is 16.0. The molecule has 0 saturated heterocycles. The normalized spacial score (nSPS) is 12.0. The number of allylic oxidation sites excluding steroid dienone is 1. The largest absolute Gasteiger partial charge is 4.00 e. The van der Waals surface area contributed by atoms with Crippen LogP contribution in [0.4, 0.5) is 0 Å². The zero-order valence-electron chi connectivity index (χ0n) is 23.2. The van der Waals surface area contributed by atoms with E-state index >= 15 is 0 Å². The molecule has 4 aromatic rings. The Morgan fingerprint density at radius 2 is 1.00 bits per heavy atom. The van der Waals surface area contributed by atoms with E-state index < -0.39 is 6.10 Å². The predicted molar refractivity (Wildman–Crippen MR) is 155 cm³/mol. The van der Waals surface area contributed by atoms with E-state index in [1.807, 2.05) is 127 Å². The fourth-order valence-corrected chi connectivity index (χ4v) is 2.93. The van der Waals surface area contributed by atoms with Crippen LogP contribution in [-0.2, 0) is 21.1 Å². The van der Waals surface area contributed by atoms with E-state index in [2.05, 4.69) is 34.2 Å². The Bertz CT molecular complexity index is 1040. The van der Waals surface area contributed by atoms with Gasteiger partial charge in [-0.15, -0.1) is 0 Å². The molecule has 2 heterocycles. The van der Waals surface area contributed by atoms with Gasteiger partial charge in [0.25, 0.3) is 0 Å². The summed E-state index contributed by atoms with van der Waals surface area (Å²) < 4.78 is 0. The first-order chi connectivity index (χ1) is 17.5. The summed E-state index contributed by atoms with van der Waals surface area (Å²) >= 11 is 0. The van der Waals surface area contributed by atoms with Gasteiger partial charge in [0, 0.05) is 28.9 Å². The van der Waals surface area contributed by atoms with Crippen molar-refractivity contribution in [3.63, 3.8) is 0 Å².